The van der Waals surface area contributed by atoms with Gasteiger partial charge in [0.25, 0.3) is 0 Å². The zero-order valence-electron chi connectivity index (χ0n) is 23.0. The molecule has 40 heavy (non-hydrogen) atoms. The highest BCUT2D eigenvalue weighted by Crippen LogP contribution is 2.48. The summed E-state index contributed by atoms with van der Waals surface area (Å²) in [5, 5.41) is 0. The second-order valence-corrected chi connectivity index (χ2v) is 10.6. The Balaban J connectivity index is 1.31. The third kappa shape index (κ3) is 6.87. The van der Waals surface area contributed by atoms with Crippen molar-refractivity contribution in [2.75, 3.05) is 13.1 Å². The molecule has 1 aliphatic carbocycles. The van der Waals surface area contributed by atoms with Gasteiger partial charge in [-0.3, -0.25) is 9.59 Å². The number of rotatable bonds is 12. The lowest BCUT2D eigenvalue weighted by Gasteiger charge is -2.28. The molecule has 1 aliphatic rings. The van der Waals surface area contributed by atoms with Crippen LogP contribution in [0.2, 0.25) is 0 Å². The molecule has 5 rings (SSSR count). The average molecular weight is 538 g/mol. The van der Waals surface area contributed by atoms with E-state index in [4.69, 9.17) is 0 Å². The van der Waals surface area contributed by atoms with E-state index in [1.165, 1.54) is 17.7 Å². The molecule has 1 saturated carbocycles. The molecule has 4 aromatic rings. The quantitative estimate of drug-likeness (QED) is 0.215. The Morgan fingerprint density at radius 3 is 2.23 bits per heavy atom. The number of halogens is 1. The monoisotopic (exact) mass is 537 g/mol. The summed E-state index contributed by atoms with van der Waals surface area (Å²) in [5.74, 6) is -0.0836. The first-order valence-electron chi connectivity index (χ1n) is 14.1. The Bertz CT molecular complexity index is 1400. The summed E-state index contributed by atoms with van der Waals surface area (Å²) >= 11 is 0. The van der Waals surface area contributed by atoms with Crippen molar-refractivity contribution in [3.63, 3.8) is 0 Å². The zero-order chi connectivity index (χ0) is 27.9. The molecule has 3 aromatic carbocycles. The minimum atomic E-state index is -0.261. The first-order valence-corrected chi connectivity index (χ1v) is 14.1. The van der Waals surface area contributed by atoms with Gasteiger partial charge in [0.2, 0.25) is 11.8 Å². The summed E-state index contributed by atoms with van der Waals surface area (Å²) in [6, 6.07) is 30.6. The molecule has 6 heteroatoms. The molecular weight excluding hydrogens is 501 g/mol. The van der Waals surface area contributed by atoms with Crippen molar-refractivity contribution in [3.05, 3.63) is 131 Å². The minimum absolute atomic E-state index is 0.0581. The third-order valence-electron chi connectivity index (χ3n) is 7.58. The molecule has 0 bridgehead atoms. The first kappa shape index (κ1) is 27.4. The lowest BCUT2D eigenvalue weighted by Crippen LogP contribution is -2.43. The maximum atomic E-state index is 13.8. The van der Waals surface area contributed by atoms with Crippen LogP contribution in [0.1, 0.15) is 48.1 Å². The molecule has 0 radical (unpaired) electrons. The van der Waals surface area contributed by atoms with Gasteiger partial charge < -0.3 is 14.4 Å². The first-order chi connectivity index (χ1) is 19.5. The van der Waals surface area contributed by atoms with Gasteiger partial charge in [0, 0.05) is 37.4 Å². The van der Waals surface area contributed by atoms with Gasteiger partial charge in [-0.15, -0.1) is 0 Å². The number of carbonyl (C=O) groups excluding carboxylic acids is 2. The van der Waals surface area contributed by atoms with Gasteiger partial charge in [-0.05, 0) is 59.7 Å². The highest BCUT2D eigenvalue weighted by atomic mass is 19.1. The molecule has 1 fully saturated rings. The minimum Gasteiger partial charge on any atom is -0.345 e. The molecule has 2 atom stereocenters. The topological polar surface area (TPSA) is 45.6 Å². The fourth-order valence-corrected chi connectivity index (χ4v) is 5.34. The molecule has 1 heterocycles. The van der Waals surface area contributed by atoms with Gasteiger partial charge in [-0.25, -0.2) is 4.39 Å². The molecular formula is C34H36FN3O2. The summed E-state index contributed by atoms with van der Waals surface area (Å²) in [5.41, 5.74) is 4.19. The van der Waals surface area contributed by atoms with E-state index in [0.717, 1.165) is 29.7 Å². The molecule has 0 spiro atoms. The highest BCUT2D eigenvalue weighted by Gasteiger charge is 2.45. The molecule has 206 valence electrons. The number of aromatic nitrogens is 1. The Kier molecular flexibility index (Phi) is 8.74. The molecule has 1 unspecified atom stereocenters. The number of hydrogen-bond acceptors (Lipinski definition) is 2. The summed E-state index contributed by atoms with van der Waals surface area (Å²) in [6.07, 6.45) is 3.61. The normalized spacial score (nSPS) is 15.9. The van der Waals surface area contributed by atoms with E-state index in [0.29, 0.717) is 26.2 Å². The number of hydrogen-bond donors (Lipinski definition) is 0. The van der Waals surface area contributed by atoms with Gasteiger partial charge in [0.15, 0.2) is 0 Å². The average Bonchev–Trinajstić information content (AvgIpc) is 3.67. The van der Waals surface area contributed by atoms with Crippen LogP contribution >= 0.6 is 0 Å². The summed E-state index contributed by atoms with van der Waals surface area (Å²) in [7, 11) is 0. The SMILES string of the molecule is CCCN(CC(=O)N(Cc1ccccc1)Cc1cccn1Cc1ccc(F)cc1)C(=O)C1C[C@H]1c1ccccc1. The molecule has 1 aromatic heterocycles. The van der Waals surface area contributed by atoms with Crippen molar-refractivity contribution in [1.29, 1.82) is 0 Å². The highest BCUT2D eigenvalue weighted by molar-refractivity contribution is 5.88. The standard InChI is InChI=1S/C34H36FN3O2/c1-2-19-37(34(40)32-21-31(32)28-12-7-4-8-13-28)25-33(39)38(23-26-10-5-3-6-11-26)24-30-14-9-20-36(30)22-27-15-17-29(35)18-16-27/h3-18,20,31-32H,2,19,21-25H2,1H3/t31-,32?/m0/s1. The Labute approximate surface area is 235 Å². The van der Waals surface area contributed by atoms with Crippen LogP contribution in [-0.4, -0.2) is 39.3 Å². The molecule has 0 saturated heterocycles. The van der Waals surface area contributed by atoms with Crippen molar-refractivity contribution in [3.8, 4) is 0 Å². The zero-order valence-corrected chi connectivity index (χ0v) is 23.0. The van der Waals surface area contributed by atoms with E-state index < -0.39 is 0 Å². The van der Waals surface area contributed by atoms with Crippen molar-refractivity contribution < 1.29 is 14.0 Å². The van der Waals surface area contributed by atoms with Gasteiger partial charge in [-0.1, -0.05) is 79.7 Å². The maximum absolute atomic E-state index is 13.8. The second kappa shape index (κ2) is 12.8. The van der Waals surface area contributed by atoms with Crippen LogP contribution in [0.15, 0.2) is 103 Å². The molecule has 0 aliphatic heterocycles. The second-order valence-electron chi connectivity index (χ2n) is 10.6. The van der Waals surface area contributed by atoms with E-state index >= 15 is 0 Å². The lowest BCUT2D eigenvalue weighted by molar-refractivity contribution is -0.142. The predicted octanol–water partition coefficient (Wildman–Crippen LogP) is 6.25. The van der Waals surface area contributed by atoms with E-state index in [1.807, 2.05) is 78.7 Å². The fourth-order valence-electron chi connectivity index (χ4n) is 5.34. The summed E-state index contributed by atoms with van der Waals surface area (Å²) < 4.78 is 15.5. The Morgan fingerprint density at radius 2 is 1.52 bits per heavy atom. The van der Waals surface area contributed by atoms with Crippen LogP contribution in [0.25, 0.3) is 0 Å². The third-order valence-corrected chi connectivity index (χ3v) is 7.58. The fraction of sp³-hybridized carbons (Fsp3) is 0.294. The van der Waals surface area contributed by atoms with Crippen LogP contribution in [0.4, 0.5) is 4.39 Å². The van der Waals surface area contributed by atoms with Crippen molar-refractivity contribution in [2.24, 2.45) is 5.92 Å². The molecule has 5 nitrogen and oxygen atoms in total. The van der Waals surface area contributed by atoms with Gasteiger partial charge in [-0.2, -0.15) is 0 Å². The largest absolute Gasteiger partial charge is 0.345 e. The van der Waals surface area contributed by atoms with Crippen LogP contribution < -0.4 is 0 Å². The summed E-state index contributed by atoms with van der Waals surface area (Å²) in [4.78, 5) is 31.0. The van der Waals surface area contributed by atoms with Crippen LogP contribution in [-0.2, 0) is 29.2 Å². The van der Waals surface area contributed by atoms with Crippen molar-refractivity contribution in [2.45, 2.75) is 45.3 Å². The van der Waals surface area contributed by atoms with E-state index in [1.54, 1.807) is 17.0 Å². The summed E-state index contributed by atoms with van der Waals surface area (Å²) in [6.45, 7) is 4.10. The Hall–Kier alpha value is -4.19. The smallest absolute Gasteiger partial charge is 0.242 e. The predicted molar refractivity (Wildman–Crippen MR) is 155 cm³/mol. The van der Waals surface area contributed by atoms with Crippen molar-refractivity contribution >= 4 is 11.8 Å². The number of carbonyl (C=O) groups is 2. The lowest BCUT2D eigenvalue weighted by atomic mass is 10.1. The maximum Gasteiger partial charge on any atom is 0.242 e. The van der Waals surface area contributed by atoms with E-state index in [2.05, 4.69) is 16.7 Å². The van der Waals surface area contributed by atoms with Crippen LogP contribution in [0.3, 0.4) is 0 Å². The van der Waals surface area contributed by atoms with Gasteiger partial charge in [0.1, 0.15) is 5.82 Å². The van der Waals surface area contributed by atoms with E-state index in [-0.39, 0.29) is 36.0 Å². The number of nitrogens with zero attached hydrogens (tertiary/aromatic N) is 3. The van der Waals surface area contributed by atoms with E-state index in [9.17, 15) is 14.0 Å². The van der Waals surface area contributed by atoms with Gasteiger partial charge >= 0.3 is 0 Å². The molecule has 2 amide bonds. The van der Waals surface area contributed by atoms with Gasteiger partial charge in [0.05, 0.1) is 13.1 Å². The number of amides is 2. The van der Waals surface area contributed by atoms with Crippen LogP contribution in [0, 0.1) is 11.7 Å². The van der Waals surface area contributed by atoms with Crippen LogP contribution in [0.5, 0.6) is 0 Å². The Morgan fingerprint density at radius 1 is 0.825 bits per heavy atom. The molecule has 0 N–H and O–H groups in total. The van der Waals surface area contributed by atoms with Crippen molar-refractivity contribution in [1.82, 2.24) is 14.4 Å². The number of benzene rings is 3.